The second-order valence-electron chi connectivity index (χ2n) is 6.39. The summed E-state index contributed by atoms with van der Waals surface area (Å²) in [5.74, 6) is 0. The quantitative estimate of drug-likeness (QED) is 0.646. The van der Waals surface area contributed by atoms with Crippen molar-refractivity contribution in [2.45, 2.75) is 18.6 Å². The number of hydrogen-bond acceptors (Lipinski definition) is 2. The minimum absolute atomic E-state index is 0.583. The van der Waals surface area contributed by atoms with Gasteiger partial charge in [-0.25, -0.2) is 0 Å². The predicted octanol–water partition coefficient (Wildman–Crippen LogP) is 5.28. The number of aliphatic hydroxyl groups excluding tert-OH is 1. The molecule has 0 amide bonds. The smallest absolute Gasteiger partial charge is 0.138 e. The Morgan fingerprint density at radius 3 is 2.12 bits per heavy atom. The van der Waals surface area contributed by atoms with Crippen LogP contribution in [0.2, 0.25) is 5.02 Å². The Bertz CT molecular complexity index is 870. The molecule has 0 saturated carbocycles. The van der Waals surface area contributed by atoms with Crippen LogP contribution in [-0.2, 0) is 5.60 Å². The molecule has 2 atom stereocenters. The first kappa shape index (κ1) is 18.4. The van der Waals surface area contributed by atoms with E-state index in [-0.39, 0.29) is 0 Å². The third kappa shape index (κ3) is 4.05. The number of aryl methyl sites for hydroxylation is 1. The van der Waals surface area contributed by atoms with Crippen LogP contribution in [0.5, 0.6) is 0 Å². The van der Waals surface area contributed by atoms with E-state index >= 15 is 0 Å². The van der Waals surface area contributed by atoms with Crippen molar-refractivity contribution in [1.29, 1.82) is 0 Å². The molecule has 0 aliphatic heterocycles. The van der Waals surface area contributed by atoms with Gasteiger partial charge in [0.1, 0.15) is 11.7 Å². The summed E-state index contributed by atoms with van der Waals surface area (Å²) in [4.78, 5) is 0. The van der Waals surface area contributed by atoms with E-state index < -0.39 is 11.7 Å². The zero-order valence-electron chi connectivity index (χ0n) is 14.5. The largest absolute Gasteiger partial charge is 0.385 e. The van der Waals surface area contributed by atoms with E-state index in [1.165, 1.54) is 5.56 Å². The van der Waals surface area contributed by atoms with Crippen molar-refractivity contribution in [2.75, 3.05) is 0 Å². The van der Waals surface area contributed by atoms with Gasteiger partial charge in [0.2, 0.25) is 0 Å². The number of halogens is 1. The van der Waals surface area contributed by atoms with Crippen LogP contribution in [0.1, 0.15) is 28.4 Å². The molecule has 132 valence electrons. The maximum atomic E-state index is 11.4. The molecule has 0 heterocycles. The minimum Gasteiger partial charge on any atom is -0.385 e. The Hall–Kier alpha value is -2.39. The van der Waals surface area contributed by atoms with Crippen molar-refractivity contribution in [2.24, 2.45) is 0 Å². The van der Waals surface area contributed by atoms with Crippen LogP contribution in [0.25, 0.3) is 6.08 Å². The van der Waals surface area contributed by atoms with Crippen LogP contribution >= 0.6 is 11.6 Å². The molecule has 3 aromatic carbocycles. The van der Waals surface area contributed by atoms with Gasteiger partial charge in [-0.2, -0.15) is 0 Å². The van der Waals surface area contributed by atoms with E-state index in [9.17, 15) is 10.2 Å². The van der Waals surface area contributed by atoms with E-state index in [0.29, 0.717) is 16.1 Å². The average Bonchev–Trinajstić information content (AvgIpc) is 2.68. The van der Waals surface area contributed by atoms with Crippen molar-refractivity contribution in [3.05, 3.63) is 112 Å². The highest BCUT2D eigenvalue weighted by Gasteiger charge is 2.36. The van der Waals surface area contributed by atoms with E-state index in [2.05, 4.69) is 0 Å². The zero-order chi connectivity index (χ0) is 18.6. The van der Waals surface area contributed by atoms with Crippen molar-refractivity contribution in [1.82, 2.24) is 0 Å². The van der Waals surface area contributed by atoms with Crippen molar-refractivity contribution >= 4 is 17.7 Å². The third-order valence-electron chi connectivity index (χ3n) is 4.45. The van der Waals surface area contributed by atoms with E-state index in [1.807, 2.05) is 55.5 Å². The van der Waals surface area contributed by atoms with Crippen LogP contribution in [-0.4, -0.2) is 10.2 Å². The molecule has 0 aromatic heterocycles. The second-order valence-corrected chi connectivity index (χ2v) is 6.83. The molecule has 3 rings (SSSR count). The lowest BCUT2D eigenvalue weighted by Crippen LogP contribution is -2.31. The van der Waals surface area contributed by atoms with Gasteiger partial charge in [-0.05, 0) is 41.8 Å². The molecule has 0 fully saturated rings. The maximum Gasteiger partial charge on any atom is 0.138 e. The topological polar surface area (TPSA) is 40.5 Å². The Morgan fingerprint density at radius 2 is 1.50 bits per heavy atom. The van der Waals surface area contributed by atoms with Crippen LogP contribution in [0.4, 0.5) is 0 Å². The lowest BCUT2D eigenvalue weighted by atomic mass is 9.83. The van der Waals surface area contributed by atoms with Gasteiger partial charge in [0.25, 0.3) is 0 Å². The number of aliphatic hydroxyl groups is 2. The molecular formula is C23H21ClO2. The van der Waals surface area contributed by atoms with Gasteiger partial charge in [-0.1, -0.05) is 90.0 Å². The average molecular weight is 365 g/mol. The van der Waals surface area contributed by atoms with Gasteiger partial charge in [-0.3, -0.25) is 0 Å². The molecule has 0 radical (unpaired) electrons. The SMILES string of the molecule is Cc1ccc(/C=C/C(O)(c2ccccc2)C(O)c2ccc(Cl)cc2)cc1. The minimum atomic E-state index is -1.57. The lowest BCUT2D eigenvalue weighted by Gasteiger charge is -2.31. The Labute approximate surface area is 159 Å². The van der Waals surface area contributed by atoms with Crippen LogP contribution in [0.15, 0.2) is 84.9 Å². The molecule has 0 saturated heterocycles. The number of hydrogen-bond donors (Lipinski definition) is 2. The molecule has 3 heteroatoms. The summed E-state index contributed by atoms with van der Waals surface area (Å²) < 4.78 is 0. The molecule has 0 aliphatic carbocycles. The standard InChI is InChI=1S/C23H21ClO2/c1-17-7-9-18(10-8-17)15-16-23(26,20-5-3-2-4-6-20)22(25)19-11-13-21(24)14-12-19/h2-16,22,25-26H,1H3/b16-15+. The molecule has 0 spiro atoms. The van der Waals surface area contributed by atoms with Gasteiger partial charge in [0, 0.05) is 5.02 Å². The highest BCUT2D eigenvalue weighted by atomic mass is 35.5. The fourth-order valence-corrected chi connectivity index (χ4v) is 2.98. The summed E-state index contributed by atoms with van der Waals surface area (Å²) in [6.07, 6.45) is 2.33. The molecule has 26 heavy (non-hydrogen) atoms. The molecule has 0 aliphatic rings. The van der Waals surface area contributed by atoms with Gasteiger partial charge >= 0.3 is 0 Å². The summed E-state index contributed by atoms with van der Waals surface area (Å²) in [6.45, 7) is 2.03. The lowest BCUT2D eigenvalue weighted by molar-refractivity contribution is -0.0453. The number of benzene rings is 3. The fourth-order valence-electron chi connectivity index (χ4n) is 2.85. The normalized spacial score (nSPS) is 14.9. The van der Waals surface area contributed by atoms with Gasteiger partial charge in [0.05, 0.1) is 0 Å². The van der Waals surface area contributed by atoms with Crippen molar-refractivity contribution < 1.29 is 10.2 Å². The van der Waals surface area contributed by atoms with Crippen LogP contribution < -0.4 is 0 Å². The fraction of sp³-hybridized carbons (Fsp3) is 0.130. The molecule has 2 N–H and O–H groups in total. The molecule has 2 unspecified atom stereocenters. The Morgan fingerprint density at radius 1 is 0.885 bits per heavy atom. The number of rotatable bonds is 5. The summed E-state index contributed by atoms with van der Waals surface area (Å²) in [7, 11) is 0. The highest BCUT2D eigenvalue weighted by molar-refractivity contribution is 6.30. The Kier molecular flexibility index (Phi) is 5.58. The third-order valence-corrected chi connectivity index (χ3v) is 4.70. The van der Waals surface area contributed by atoms with Gasteiger partial charge in [0.15, 0.2) is 0 Å². The first-order valence-corrected chi connectivity index (χ1v) is 8.84. The highest BCUT2D eigenvalue weighted by Crippen LogP contribution is 2.37. The van der Waals surface area contributed by atoms with Gasteiger partial charge < -0.3 is 10.2 Å². The van der Waals surface area contributed by atoms with Crippen molar-refractivity contribution in [3.8, 4) is 0 Å². The summed E-state index contributed by atoms with van der Waals surface area (Å²) in [5, 5.41) is 23.0. The van der Waals surface area contributed by atoms with E-state index in [4.69, 9.17) is 11.6 Å². The Balaban J connectivity index is 2.01. The molecular weight excluding hydrogens is 344 g/mol. The predicted molar refractivity (Wildman–Crippen MR) is 107 cm³/mol. The monoisotopic (exact) mass is 364 g/mol. The maximum absolute atomic E-state index is 11.4. The summed E-state index contributed by atoms with van der Waals surface area (Å²) in [5.41, 5.74) is 1.76. The summed E-state index contributed by atoms with van der Waals surface area (Å²) in [6, 6.07) is 24.0. The zero-order valence-corrected chi connectivity index (χ0v) is 15.3. The summed E-state index contributed by atoms with van der Waals surface area (Å²) >= 11 is 5.94. The first-order valence-electron chi connectivity index (χ1n) is 8.46. The van der Waals surface area contributed by atoms with Crippen molar-refractivity contribution in [3.63, 3.8) is 0 Å². The molecule has 0 bridgehead atoms. The van der Waals surface area contributed by atoms with Gasteiger partial charge in [-0.15, -0.1) is 0 Å². The van der Waals surface area contributed by atoms with Crippen LogP contribution in [0.3, 0.4) is 0 Å². The molecule has 2 nitrogen and oxygen atoms in total. The second kappa shape index (κ2) is 7.88. The van der Waals surface area contributed by atoms with E-state index in [1.54, 1.807) is 42.5 Å². The van der Waals surface area contributed by atoms with E-state index in [0.717, 1.165) is 5.56 Å². The van der Waals surface area contributed by atoms with Crippen LogP contribution in [0, 0.1) is 6.92 Å². The first-order chi connectivity index (χ1) is 12.5. The molecule has 3 aromatic rings.